The van der Waals surface area contributed by atoms with Crippen molar-refractivity contribution in [1.29, 1.82) is 0 Å². The molecule has 20 heavy (non-hydrogen) atoms. The number of amides is 1. The summed E-state index contributed by atoms with van der Waals surface area (Å²) >= 11 is 0. The summed E-state index contributed by atoms with van der Waals surface area (Å²) in [5.41, 5.74) is -0.738. The summed E-state index contributed by atoms with van der Waals surface area (Å²) in [5.74, 6) is -7.62. The summed E-state index contributed by atoms with van der Waals surface area (Å²) in [6.07, 6.45) is 0.470. The first-order valence-electron chi connectivity index (χ1n) is 5.96. The number of carbonyl (C=O) groups is 2. The largest absolute Gasteiger partial charge is 0.480 e. The third-order valence-electron chi connectivity index (χ3n) is 3.05. The molecule has 1 amide bonds. The van der Waals surface area contributed by atoms with Crippen LogP contribution in [0.25, 0.3) is 0 Å². The summed E-state index contributed by atoms with van der Waals surface area (Å²) in [5, 5.41) is 11.1. The molecule has 0 aliphatic rings. The molecule has 0 fully saturated rings. The van der Waals surface area contributed by atoms with Crippen molar-refractivity contribution >= 4 is 11.9 Å². The molecule has 0 heterocycles. The minimum Gasteiger partial charge on any atom is -0.480 e. The Labute approximate surface area is 113 Å². The summed E-state index contributed by atoms with van der Waals surface area (Å²) in [6.45, 7) is 3.32. The highest BCUT2D eigenvalue weighted by Gasteiger charge is 2.27. The molecular formula is C13H14F3NO3. The fraction of sp³-hybridized carbons (Fsp3) is 0.385. The number of halogens is 3. The van der Waals surface area contributed by atoms with Gasteiger partial charge < -0.3 is 10.4 Å². The Morgan fingerprint density at radius 2 is 1.85 bits per heavy atom. The predicted molar refractivity (Wildman–Crippen MR) is 64.7 cm³/mol. The quantitative estimate of drug-likeness (QED) is 0.818. The van der Waals surface area contributed by atoms with E-state index in [2.05, 4.69) is 5.32 Å². The molecular weight excluding hydrogens is 275 g/mol. The van der Waals surface area contributed by atoms with Crippen molar-refractivity contribution in [1.82, 2.24) is 5.32 Å². The zero-order chi connectivity index (χ0) is 15.4. The molecule has 0 spiro atoms. The van der Waals surface area contributed by atoms with Crippen LogP contribution < -0.4 is 5.32 Å². The van der Waals surface area contributed by atoms with Crippen LogP contribution in [0.15, 0.2) is 12.1 Å². The SMILES string of the molecule is CCC(C)[C@H](NC(=O)c1ccc(F)c(F)c1F)C(=O)O. The fourth-order valence-corrected chi connectivity index (χ4v) is 1.60. The van der Waals surface area contributed by atoms with Crippen molar-refractivity contribution in [3.63, 3.8) is 0 Å². The Bertz CT molecular complexity index is 534. The smallest absolute Gasteiger partial charge is 0.326 e. The molecule has 0 bridgehead atoms. The van der Waals surface area contributed by atoms with E-state index in [1.54, 1.807) is 13.8 Å². The van der Waals surface area contributed by atoms with Crippen LogP contribution in [0.2, 0.25) is 0 Å². The molecule has 0 aliphatic heterocycles. The van der Waals surface area contributed by atoms with Gasteiger partial charge in [-0.25, -0.2) is 18.0 Å². The number of rotatable bonds is 5. The maximum Gasteiger partial charge on any atom is 0.326 e. The van der Waals surface area contributed by atoms with Crippen molar-refractivity contribution < 1.29 is 27.9 Å². The third kappa shape index (κ3) is 3.28. The first-order chi connectivity index (χ1) is 9.29. The van der Waals surface area contributed by atoms with E-state index in [0.717, 1.165) is 6.07 Å². The number of hydrogen-bond acceptors (Lipinski definition) is 2. The van der Waals surface area contributed by atoms with Crippen LogP contribution >= 0.6 is 0 Å². The highest BCUT2D eigenvalue weighted by Crippen LogP contribution is 2.16. The zero-order valence-corrected chi connectivity index (χ0v) is 10.9. The summed E-state index contributed by atoms with van der Waals surface area (Å²) in [7, 11) is 0. The molecule has 1 aromatic carbocycles. The van der Waals surface area contributed by atoms with Crippen LogP contribution in [0.5, 0.6) is 0 Å². The summed E-state index contributed by atoms with van der Waals surface area (Å²) < 4.78 is 39.2. The first kappa shape index (κ1) is 16.0. The van der Waals surface area contributed by atoms with Gasteiger partial charge in [0.1, 0.15) is 6.04 Å². The van der Waals surface area contributed by atoms with Gasteiger partial charge in [-0.15, -0.1) is 0 Å². The summed E-state index contributed by atoms with van der Waals surface area (Å²) in [6, 6.07) is 0.130. The Hall–Kier alpha value is -2.05. The van der Waals surface area contributed by atoms with Gasteiger partial charge in [-0.1, -0.05) is 20.3 Å². The number of benzene rings is 1. The second-order valence-electron chi connectivity index (χ2n) is 4.40. The van der Waals surface area contributed by atoms with Crippen LogP contribution in [0.1, 0.15) is 30.6 Å². The number of carboxylic acid groups (broad SMARTS) is 1. The van der Waals surface area contributed by atoms with Crippen molar-refractivity contribution in [2.45, 2.75) is 26.3 Å². The Balaban J connectivity index is 3.01. The average Bonchev–Trinajstić information content (AvgIpc) is 2.40. The standard InChI is InChI=1S/C13H14F3NO3/c1-3-6(2)11(13(19)20)17-12(18)7-4-5-8(14)10(16)9(7)15/h4-6,11H,3H2,1-2H3,(H,17,18)(H,19,20)/t6?,11-/m0/s1. The number of nitrogens with one attached hydrogen (secondary N) is 1. The highest BCUT2D eigenvalue weighted by atomic mass is 19.2. The van der Waals surface area contributed by atoms with Gasteiger partial charge >= 0.3 is 5.97 Å². The van der Waals surface area contributed by atoms with Gasteiger partial charge in [0.2, 0.25) is 0 Å². The third-order valence-corrected chi connectivity index (χ3v) is 3.05. The van der Waals surface area contributed by atoms with E-state index in [4.69, 9.17) is 5.11 Å². The zero-order valence-electron chi connectivity index (χ0n) is 10.9. The van der Waals surface area contributed by atoms with Gasteiger partial charge in [0.25, 0.3) is 5.91 Å². The van der Waals surface area contributed by atoms with Crippen molar-refractivity contribution in [3.8, 4) is 0 Å². The van der Waals surface area contributed by atoms with Crippen LogP contribution in [-0.2, 0) is 4.79 Å². The molecule has 1 unspecified atom stereocenters. The van der Waals surface area contributed by atoms with Gasteiger partial charge in [-0.05, 0) is 18.1 Å². The van der Waals surface area contributed by atoms with Gasteiger partial charge in [0, 0.05) is 0 Å². The van der Waals surface area contributed by atoms with E-state index < -0.39 is 46.9 Å². The van der Waals surface area contributed by atoms with Crippen molar-refractivity contribution in [2.24, 2.45) is 5.92 Å². The van der Waals surface area contributed by atoms with Crippen molar-refractivity contribution in [3.05, 3.63) is 35.1 Å². The summed E-state index contributed by atoms with van der Waals surface area (Å²) in [4.78, 5) is 22.8. The second kappa shape index (κ2) is 6.40. The molecule has 0 aromatic heterocycles. The van der Waals surface area contributed by atoms with Crippen LogP contribution in [0.3, 0.4) is 0 Å². The molecule has 4 nitrogen and oxygen atoms in total. The van der Waals surface area contributed by atoms with Gasteiger partial charge in [-0.3, -0.25) is 4.79 Å². The van der Waals surface area contributed by atoms with E-state index in [0.29, 0.717) is 12.5 Å². The Morgan fingerprint density at radius 1 is 1.25 bits per heavy atom. The molecule has 2 atom stereocenters. The average molecular weight is 289 g/mol. The molecule has 1 rings (SSSR count). The lowest BCUT2D eigenvalue weighted by molar-refractivity contribution is -0.140. The minimum absolute atomic E-state index is 0.398. The molecule has 7 heteroatoms. The van der Waals surface area contributed by atoms with E-state index in [9.17, 15) is 22.8 Å². The molecule has 0 aliphatic carbocycles. The van der Waals surface area contributed by atoms with Gasteiger partial charge in [0.15, 0.2) is 17.5 Å². The molecule has 2 N–H and O–H groups in total. The van der Waals surface area contributed by atoms with Crippen LogP contribution in [0, 0.1) is 23.4 Å². The highest BCUT2D eigenvalue weighted by molar-refractivity contribution is 5.96. The minimum atomic E-state index is -1.77. The molecule has 0 radical (unpaired) electrons. The molecule has 1 aromatic rings. The lowest BCUT2D eigenvalue weighted by atomic mass is 9.99. The Kier molecular flexibility index (Phi) is 5.12. The van der Waals surface area contributed by atoms with E-state index in [1.807, 2.05) is 0 Å². The second-order valence-corrected chi connectivity index (χ2v) is 4.40. The predicted octanol–water partition coefficient (Wildman–Crippen LogP) is 2.33. The van der Waals surface area contributed by atoms with E-state index >= 15 is 0 Å². The van der Waals surface area contributed by atoms with Gasteiger partial charge in [0.05, 0.1) is 5.56 Å². The normalized spacial score (nSPS) is 13.7. The van der Waals surface area contributed by atoms with E-state index in [1.165, 1.54) is 0 Å². The van der Waals surface area contributed by atoms with Gasteiger partial charge in [-0.2, -0.15) is 0 Å². The maximum absolute atomic E-state index is 13.4. The number of hydrogen-bond donors (Lipinski definition) is 2. The first-order valence-corrected chi connectivity index (χ1v) is 5.96. The number of carbonyl (C=O) groups excluding carboxylic acids is 1. The van der Waals surface area contributed by atoms with Crippen LogP contribution in [0.4, 0.5) is 13.2 Å². The van der Waals surface area contributed by atoms with Crippen LogP contribution in [-0.4, -0.2) is 23.0 Å². The molecule has 0 saturated heterocycles. The fourth-order valence-electron chi connectivity index (χ4n) is 1.60. The molecule has 110 valence electrons. The monoisotopic (exact) mass is 289 g/mol. The van der Waals surface area contributed by atoms with Crippen molar-refractivity contribution in [2.75, 3.05) is 0 Å². The molecule has 0 saturated carbocycles. The number of aliphatic carboxylic acids is 1. The lowest BCUT2D eigenvalue weighted by Crippen LogP contribution is -2.45. The Morgan fingerprint density at radius 3 is 2.35 bits per heavy atom. The topological polar surface area (TPSA) is 66.4 Å². The lowest BCUT2D eigenvalue weighted by Gasteiger charge is -2.20. The van der Waals surface area contributed by atoms with E-state index in [-0.39, 0.29) is 0 Å². The maximum atomic E-state index is 13.4. The number of carboxylic acids is 1.